The largest absolute Gasteiger partial charge is 0.377 e. The molecule has 0 unspecified atom stereocenters. The van der Waals surface area contributed by atoms with Crippen LogP contribution < -0.4 is 5.32 Å². The molecule has 7 nitrogen and oxygen atoms in total. The molecule has 0 aromatic carbocycles. The molecule has 2 aliphatic rings. The summed E-state index contributed by atoms with van der Waals surface area (Å²) in [5.41, 5.74) is 2.02. The number of rotatable bonds is 2. The van der Waals surface area contributed by atoms with E-state index in [1.54, 1.807) is 12.4 Å². The van der Waals surface area contributed by atoms with Crippen LogP contribution in [0.4, 0.5) is 10.5 Å². The number of hydrogen-bond donors (Lipinski definition) is 2. The van der Waals surface area contributed by atoms with Crippen molar-refractivity contribution >= 4 is 11.7 Å². The number of aromatic nitrogens is 3. The van der Waals surface area contributed by atoms with Crippen molar-refractivity contribution in [1.82, 2.24) is 20.1 Å². The zero-order chi connectivity index (χ0) is 15.0. The standard InChI is InChI=1S/C15H17N5O2/c21-14(20-7-8-22-10-15(20)4-5-15)18-12-9-17-19-13(12)11-3-1-2-6-16-11/h1-3,6,9H,4-5,7-8,10H2,(H,17,19)(H,18,21). The molecule has 114 valence electrons. The van der Waals surface area contributed by atoms with Gasteiger partial charge in [0.2, 0.25) is 0 Å². The van der Waals surface area contributed by atoms with Crippen LogP contribution in [-0.4, -0.2) is 51.4 Å². The monoisotopic (exact) mass is 299 g/mol. The second-order valence-corrected chi connectivity index (χ2v) is 5.73. The molecule has 0 atom stereocenters. The van der Waals surface area contributed by atoms with E-state index in [0.29, 0.717) is 31.1 Å². The lowest BCUT2D eigenvalue weighted by molar-refractivity contribution is 0.00404. The summed E-state index contributed by atoms with van der Waals surface area (Å²) in [6, 6.07) is 5.53. The minimum Gasteiger partial charge on any atom is -0.377 e. The van der Waals surface area contributed by atoms with Crippen LogP contribution in [0, 0.1) is 0 Å². The van der Waals surface area contributed by atoms with Crippen LogP contribution in [0.2, 0.25) is 0 Å². The van der Waals surface area contributed by atoms with Crippen LogP contribution in [-0.2, 0) is 4.74 Å². The molecule has 1 aliphatic carbocycles. The quantitative estimate of drug-likeness (QED) is 0.886. The molecule has 4 rings (SSSR count). The minimum atomic E-state index is -0.0978. The molecule has 2 amide bonds. The van der Waals surface area contributed by atoms with Gasteiger partial charge >= 0.3 is 6.03 Å². The highest BCUT2D eigenvalue weighted by Crippen LogP contribution is 2.43. The molecule has 1 saturated carbocycles. The molecule has 0 bridgehead atoms. The summed E-state index contributed by atoms with van der Waals surface area (Å²) in [4.78, 5) is 18.8. The highest BCUT2D eigenvalue weighted by atomic mass is 16.5. The third-order valence-corrected chi connectivity index (χ3v) is 4.28. The Hall–Kier alpha value is -2.41. The number of carbonyl (C=O) groups is 1. The number of aromatic amines is 1. The Labute approximate surface area is 127 Å². The van der Waals surface area contributed by atoms with Crippen LogP contribution in [0.15, 0.2) is 30.6 Å². The highest BCUT2D eigenvalue weighted by Gasteiger charge is 2.52. The lowest BCUT2D eigenvalue weighted by Gasteiger charge is -2.35. The number of anilines is 1. The predicted octanol–water partition coefficient (Wildman–Crippen LogP) is 1.87. The number of pyridine rings is 1. The highest BCUT2D eigenvalue weighted by molar-refractivity contribution is 5.93. The Morgan fingerprint density at radius 1 is 1.41 bits per heavy atom. The van der Waals surface area contributed by atoms with Crippen LogP contribution in [0.3, 0.4) is 0 Å². The molecule has 2 fully saturated rings. The maximum absolute atomic E-state index is 12.6. The molecule has 7 heteroatoms. The second-order valence-electron chi connectivity index (χ2n) is 5.73. The van der Waals surface area contributed by atoms with E-state index in [4.69, 9.17) is 4.74 Å². The average Bonchev–Trinajstić information content (AvgIpc) is 3.15. The fraction of sp³-hybridized carbons (Fsp3) is 0.400. The topological polar surface area (TPSA) is 83.1 Å². The van der Waals surface area contributed by atoms with Gasteiger partial charge in [0.1, 0.15) is 5.69 Å². The van der Waals surface area contributed by atoms with Crippen LogP contribution >= 0.6 is 0 Å². The first-order chi connectivity index (χ1) is 10.8. The smallest absolute Gasteiger partial charge is 0.322 e. The molecule has 2 aromatic heterocycles. The number of urea groups is 1. The fourth-order valence-corrected chi connectivity index (χ4v) is 2.88. The summed E-state index contributed by atoms with van der Waals surface area (Å²) >= 11 is 0. The van der Waals surface area contributed by atoms with Gasteiger partial charge in [0.15, 0.2) is 0 Å². The molecule has 1 aliphatic heterocycles. The average molecular weight is 299 g/mol. The van der Waals surface area contributed by atoms with Crippen molar-refractivity contribution in [2.45, 2.75) is 18.4 Å². The van der Waals surface area contributed by atoms with Crippen molar-refractivity contribution in [2.24, 2.45) is 0 Å². The number of morpholine rings is 1. The third kappa shape index (κ3) is 2.23. The summed E-state index contributed by atoms with van der Waals surface area (Å²) in [5, 5.41) is 9.87. The van der Waals surface area contributed by atoms with Crippen LogP contribution in [0.25, 0.3) is 11.4 Å². The Kier molecular flexibility index (Phi) is 3.07. The van der Waals surface area contributed by atoms with Gasteiger partial charge in [-0.3, -0.25) is 10.1 Å². The summed E-state index contributed by atoms with van der Waals surface area (Å²) in [6.07, 6.45) is 5.35. The SMILES string of the molecule is O=C(Nc1cn[nH]c1-c1ccccn1)N1CCOCC12CC2. The van der Waals surface area contributed by atoms with Gasteiger partial charge in [-0.1, -0.05) is 6.07 Å². The summed E-state index contributed by atoms with van der Waals surface area (Å²) in [7, 11) is 0. The zero-order valence-electron chi connectivity index (χ0n) is 12.1. The van der Waals surface area contributed by atoms with Gasteiger partial charge in [0, 0.05) is 12.7 Å². The van der Waals surface area contributed by atoms with E-state index in [1.165, 1.54) is 0 Å². The first-order valence-electron chi connectivity index (χ1n) is 7.40. The third-order valence-electron chi connectivity index (χ3n) is 4.28. The van der Waals surface area contributed by atoms with E-state index in [-0.39, 0.29) is 11.6 Å². The Morgan fingerprint density at radius 2 is 2.32 bits per heavy atom. The second kappa shape index (κ2) is 5.10. The zero-order valence-corrected chi connectivity index (χ0v) is 12.1. The molecule has 2 N–H and O–H groups in total. The Morgan fingerprint density at radius 3 is 3.09 bits per heavy atom. The number of nitrogens with zero attached hydrogens (tertiary/aromatic N) is 3. The van der Waals surface area contributed by atoms with Gasteiger partial charge in [-0.2, -0.15) is 5.10 Å². The van der Waals surface area contributed by atoms with Gasteiger partial charge in [0.05, 0.1) is 36.3 Å². The first kappa shape index (κ1) is 13.3. The number of amides is 2. The van der Waals surface area contributed by atoms with Crippen molar-refractivity contribution in [3.63, 3.8) is 0 Å². The predicted molar refractivity (Wildman–Crippen MR) is 80.3 cm³/mol. The summed E-state index contributed by atoms with van der Waals surface area (Å²) < 4.78 is 5.51. The molecule has 1 saturated heterocycles. The van der Waals surface area contributed by atoms with Crippen molar-refractivity contribution in [2.75, 3.05) is 25.1 Å². The first-order valence-corrected chi connectivity index (χ1v) is 7.40. The fourth-order valence-electron chi connectivity index (χ4n) is 2.88. The van der Waals surface area contributed by atoms with Gasteiger partial charge in [-0.25, -0.2) is 4.79 Å². The number of ether oxygens (including phenoxy) is 1. The maximum Gasteiger partial charge on any atom is 0.322 e. The van der Waals surface area contributed by atoms with E-state index in [1.807, 2.05) is 23.1 Å². The lowest BCUT2D eigenvalue weighted by Crippen LogP contribution is -2.52. The number of H-pyrrole nitrogens is 1. The molecule has 3 heterocycles. The molecule has 2 aromatic rings. The van der Waals surface area contributed by atoms with E-state index >= 15 is 0 Å². The Bertz CT molecular complexity index is 680. The maximum atomic E-state index is 12.6. The summed E-state index contributed by atoms with van der Waals surface area (Å²) in [5.74, 6) is 0. The van der Waals surface area contributed by atoms with E-state index in [9.17, 15) is 4.79 Å². The van der Waals surface area contributed by atoms with Crippen LogP contribution in [0.1, 0.15) is 12.8 Å². The van der Waals surface area contributed by atoms with Crippen LogP contribution in [0.5, 0.6) is 0 Å². The molecule has 22 heavy (non-hydrogen) atoms. The molecular weight excluding hydrogens is 282 g/mol. The molecular formula is C15H17N5O2. The van der Waals surface area contributed by atoms with Crippen molar-refractivity contribution in [3.05, 3.63) is 30.6 Å². The number of nitrogens with one attached hydrogen (secondary N) is 2. The molecule has 1 spiro atoms. The lowest BCUT2D eigenvalue weighted by atomic mass is 10.2. The van der Waals surface area contributed by atoms with E-state index in [2.05, 4.69) is 20.5 Å². The number of hydrogen-bond acceptors (Lipinski definition) is 4. The Balaban J connectivity index is 1.55. The normalized spacial score (nSPS) is 19.2. The van der Waals surface area contributed by atoms with E-state index < -0.39 is 0 Å². The van der Waals surface area contributed by atoms with Gasteiger partial charge in [-0.05, 0) is 25.0 Å². The number of carbonyl (C=O) groups excluding carboxylic acids is 1. The summed E-state index contributed by atoms with van der Waals surface area (Å²) in [6.45, 7) is 1.86. The van der Waals surface area contributed by atoms with Crippen molar-refractivity contribution in [1.29, 1.82) is 0 Å². The van der Waals surface area contributed by atoms with Gasteiger partial charge < -0.3 is 15.0 Å². The minimum absolute atomic E-state index is 0.0861. The van der Waals surface area contributed by atoms with E-state index in [0.717, 1.165) is 18.5 Å². The van der Waals surface area contributed by atoms with Crippen molar-refractivity contribution < 1.29 is 9.53 Å². The molecule has 0 radical (unpaired) electrons. The van der Waals surface area contributed by atoms with Crippen molar-refractivity contribution in [3.8, 4) is 11.4 Å². The van der Waals surface area contributed by atoms with Gasteiger partial charge in [-0.15, -0.1) is 0 Å². The van der Waals surface area contributed by atoms with Gasteiger partial charge in [0.25, 0.3) is 0 Å².